The molecule has 1 fully saturated rings. The average Bonchev–Trinajstić information content (AvgIpc) is 1.98. The second kappa shape index (κ2) is 3.67. The molecule has 1 aliphatic rings. The number of methoxy groups -OCH3 is 1. The first kappa shape index (κ1) is 9.19. The lowest BCUT2D eigenvalue weighted by atomic mass is 9.77. The van der Waals surface area contributed by atoms with Gasteiger partial charge in [-0.05, 0) is 12.8 Å². The molecule has 0 atom stereocenters. The quantitative estimate of drug-likeness (QED) is 0.474. The van der Waals surface area contributed by atoms with Crippen molar-refractivity contribution in [2.24, 2.45) is 11.7 Å². The highest BCUT2D eigenvalue weighted by molar-refractivity contribution is 5.97. The zero-order valence-electron chi connectivity index (χ0n) is 7.08. The van der Waals surface area contributed by atoms with E-state index in [0.717, 1.165) is 12.8 Å². The molecule has 0 aromatic rings. The third-order valence-electron chi connectivity index (χ3n) is 2.18. The van der Waals surface area contributed by atoms with Gasteiger partial charge in [-0.3, -0.25) is 9.59 Å². The summed E-state index contributed by atoms with van der Waals surface area (Å²) in [5, 5.41) is 0. The Labute approximate surface area is 71.1 Å². The van der Waals surface area contributed by atoms with Crippen LogP contribution >= 0.6 is 0 Å². The van der Waals surface area contributed by atoms with E-state index in [-0.39, 0.29) is 24.2 Å². The molecule has 0 heterocycles. The number of ketones is 1. The molecule has 0 spiro atoms. The molecule has 2 N–H and O–H groups in total. The van der Waals surface area contributed by atoms with Crippen LogP contribution in [0, 0.1) is 5.92 Å². The lowest BCUT2D eigenvalue weighted by molar-refractivity contribution is -0.144. The summed E-state index contributed by atoms with van der Waals surface area (Å²) >= 11 is 0. The van der Waals surface area contributed by atoms with Gasteiger partial charge in [-0.15, -0.1) is 0 Å². The van der Waals surface area contributed by atoms with Crippen LogP contribution in [0.2, 0.25) is 0 Å². The van der Waals surface area contributed by atoms with Crippen molar-refractivity contribution in [3.8, 4) is 0 Å². The Morgan fingerprint density at radius 2 is 2.08 bits per heavy atom. The summed E-state index contributed by atoms with van der Waals surface area (Å²) in [6.07, 6.45) is 1.33. The number of carbonyl (C=O) groups is 2. The fraction of sp³-hybridized carbons (Fsp3) is 0.750. The second-order valence-electron chi connectivity index (χ2n) is 3.15. The average molecular weight is 171 g/mol. The fourth-order valence-electron chi connectivity index (χ4n) is 1.28. The first-order valence-electron chi connectivity index (χ1n) is 3.98. The van der Waals surface area contributed by atoms with Crippen LogP contribution in [0.1, 0.15) is 19.3 Å². The molecule has 0 aliphatic heterocycles. The fourth-order valence-corrected chi connectivity index (χ4v) is 1.28. The van der Waals surface area contributed by atoms with Crippen LogP contribution < -0.4 is 5.73 Å². The Morgan fingerprint density at radius 3 is 2.50 bits per heavy atom. The number of Topliss-reactive ketones (excluding diaryl/α,β-unsaturated/α-hetero) is 1. The van der Waals surface area contributed by atoms with E-state index in [0.29, 0.717) is 0 Å². The zero-order valence-corrected chi connectivity index (χ0v) is 7.08. The van der Waals surface area contributed by atoms with E-state index >= 15 is 0 Å². The number of hydrogen-bond acceptors (Lipinski definition) is 4. The first-order valence-corrected chi connectivity index (χ1v) is 3.98. The molecular weight excluding hydrogens is 158 g/mol. The largest absolute Gasteiger partial charge is 0.469 e. The Kier molecular flexibility index (Phi) is 2.81. The molecule has 0 aromatic carbocycles. The molecule has 4 heteroatoms. The SMILES string of the molecule is COC(=O)CC(=O)C1CC(N)C1. The van der Waals surface area contributed by atoms with Gasteiger partial charge in [-0.1, -0.05) is 0 Å². The minimum absolute atomic E-state index is 0.000833. The summed E-state index contributed by atoms with van der Waals surface area (Å²) in [5.41, 5.74) is 5.50. The molecule has 0 bridgehead atoms. The summed E-state index contributed by atoms with van der Waals surface area (Å²) in [5.74, 6) is -0.497. The van der Waals surface area contributed by atoms with Crippen molar-refractivity contribution in [3.05, 3.63) is 0 Å². The lowest BCUT2D eigenvalue weighted by Gasteiger charge is -2.30. The van der Waals surface area contributed by atoms with Gasteiger partial charge in [0.1, 0.15) is 12.2 Å². The van der Waals surface area contributed by atoms with E-state index in [1.165, 1.54) is 7.11 Å². The molecule has 0 amide bonds. The highest BCUT2D eigenvalue weighted by Gasteiger charge is 2.32. The van der Waals surface area contributed by atoms with Crippen molar-refractivity contribution >= 4 is 11.8 Å². The summed E-state index contributed by atoms with van der Waals surface area (Å²) in [7, 11) is 1.28. The molecule has 0 saturated heterocycles. The van der Waals surface area contributed by atoms with E-state index in [9.17, 15) is 9.59 Å². The normalized spacial score (nSPS) is 27.5. The first-order chi connectivity index (χ1) is 5.63. The van der Waals surface area contributed by atoms with Crippen LogP contribution in [0.5, 0.6) is 0 Å². The number of ether oxygens (including phenoxy) is 1. The Balaban J connectivity index is 2.25. The van der Waals surface area contributed by atoms with Crippen LogP contribution in [0.4, 0.5) is 0 Å². The molecule has 68 valence electrons. The summed E-state index contributed by atoms with van der Waals surface area (Å²) in [6.45, 7) is 0. The minimum Gasteiger partial charge on any atom is -0.469 e. The maximum Gasteiger partial charge on any atom is 0.313 e. The molecule has 0 radical (unpaired) electrons. The highest BCUT2D eigenvalue weighted by Crippen LogP contribution is 2.27. The van der Waals surface area contributed by atoms with E-state index in [4.69, 9.17) is 5.73 Å². The van der Waals surface area contributed by atoms with Crippen molar-refractivity contribution < 1.29 is 14.3 Å². The van der Waals surface area contributed by atoms with Gasteiger partial charge in [0.05, 0.1) is 7.11 Å². The van der Waals surface area contributed by atoms with Crippen LogP contribution in [-0.2, 0) is 14.3 Å². The highest BCUT2D eigenvalue weighted by atomic mass is 16.5. The molecule has 1 rings (SSSR count). The van der Waals surface area contributed by atoms with Gasteiger partial charge in [-0.25, -0.2) is 0 Å². The van der Waals surface area contributed by atoms with Gasteiger partial charge in [-0.2, -0.15) is 0 Å². The smallest absolute Gasteiger partial charge is 0.313 e. The van der Waals surface area contributed by atoms with Gasteiger partial charge in [0, 0.05) is 12.0 Å². The zero-order chi connectivity index (χ0) is 9.14. The third-order valence-corrected chi connectivity index (χ3v) is 2.18. The topological polar surface area (TPSA) is 69.4 Å². The van der Waals surface area contributed by atoms with E-state index in [1.54, 1.807) is 0 Å². The van der Waals surface area contributed by atoms with E-state index in [2.05, 4.69) is 4.74 Å². The minimum atomic E-state index is -0.458. The lowest BCUT2D eigenvalue weighted by Crippen LogP contribution is -2.40. The van der Waals surface area contributed by atoms with Crippen molar-refractivity contribution in [1.82, 2.24) is 0 Å². The van der Waals surface area contributed by atoms with Crippen molar-refractivity contribution in [3.63, 3.8) is 0 Å². The van der Waals surface area contributed by atoms with Gasteiger partial charge < -0.3 is 10.5 Å². The predicted molar refractivity (Wildman–Crippen MR) is 42.3 cm³/mol. The maximum absolute atomic E-state index is 11.2. The number of hydrogen-bond donors (Lipinski definition) is 1. The monoisotopic (exact) mass is 171 g/mol. The molecule has 1 saturated carbocycles. The Morgan fingerprint density at radius 1 is 1.50 bits per heavy atom. The van der Waals surface area contributed by atoms with Crippen LogP contribution in [-0.4, -0.2) is 24.9 Å². The molecule has 0 unspecified atom stereocenters. The predicted octanol–water partition coefficient (Wildman–Crippen LogP) is -0.144. The maximum atomic E-state index is 11.2. The van der Waals surface area contributed by atoms with Gasteiger partial charge in [0.2, 0.25) is 0 Å². The van der Waals surface area contributed by atoms with E-state index < -0.39 is 5.97 Å². The van der Waals surface area contributed by atoms with Crippen molar-refractivity contribution in [1.29, 1.82) is 0 Å². The van der Waals surface area contributed by atoms with Gasteiger partial charge in [0.15, 0.2) is 0 Å². The van der Waals surface area contributed by atoms with E-state index in [1.807, 2.05) is 0 Å². The number of rotatable bonds is 3. The van der Waals surface area contributed by atoms with Gasteiger partial charge in [0.25, 0.3) is 0 Å². The molecular formula is C8H13NO3. The Bertz CT molecular complexity index is 196. The van der Waals surface area contributed by atoms with Crippen LogP contribution in [0.3, 0.4) is 0 Å². The van der Waals surface area contributed by atoms with Crippen molar-refractivity contribution in [2.75, 3.05) is 7.11 Å². The van der Waals surface area contributed by atoms with Crippen LogP contribution in [0.15, 0.2) is 0 Å². The summed E-state index contributed by atoms with van der Waals surface area (Å²) in [6, 6.07) is 0.150. The number of esters is 1. The van der Waals surface area contributed by atoms with Crippen molar-refractivity contribution in [2.45, 2.75) is 25.3 Å². The summed E-state index contributed by atoms with van der Waals surface area (Å²) in [4.78, 5) is 21.9. The molecule has 12 heavy (non-hydrogen) atoms. The Hall–Kier alpha value is -0.900. The van der Waals surface area contributed by atoms with Crippen LogP contribution in [0.25, 0.3) is 0 Å². The third kappa shape index (κ3) is 2.04. The number of nitrogens with two attached hydrogens (primary N) is 1. The number of carbonyl (C=O) groups excluding carboxylic acids is 2. The molecule has 1 aliphatic carbocycles. The standard InChI is InChI=1S/C8H13NO3/c1-12-8(11)4-7(10)5-2-6(9)3-5/h5-6H,2-4,9H2,1H3. The molecule has 0 aromatic heterocycles. The summed E-state index contributed by atoms with van der Waals surface area (Å²) < 4.78 is 4.38. The molecule has 4 nitrogen and oxygen atoms in total. The second-order valence-corrected chi connectivity index (χ2v) is 3.15. The van der Waals surface area contributed by atoms with Gasteiger partial charge >= 0.3 is 5.97 Å².